The number of ether oxygens (including phenoxy) is 1. The molecule has 0 saturated carbocycles. The summed E-state index contributed by atoms with van der Waals surface area (Å²) in [5.74, 6) is -0.722. The van der Waals surface area contributed by atoms with Crippen LogP contribution in [0.3, 0.4) is 0 Å². The fourth-order valence-electron chi connectivity index (χ4n) is 4.97. The first-order chi connectivity index (χ1) is 21.8. The fourth-order valence-corrected chi connectivity index (χ4v) is 7.54. The van der Waals surface area contributed by atoms with Crippen LogP contribution in [0.25, 0.3) is 5.76 Å². The Morgan fingerprint density at radius 2 is 1.78 bits per heavy atom. The molecule has 1 atom stereocenters. The number of aliphatic hydroxyl groups excluding tert-OH is 1. The van der Waals surface area contributed by atoms with Crippen LogP contribution >= 0.6 is 50.6 Å². The van der Waals surface area contributed by atoms with Crippen molar-refractivity contribution in [3.05, 3.63) is 140 Å². The Bertz CT molecular complexity index is 1930. The van der Waals surface area contributed by atoms with Gasteiger partial charge in [-0.1, -0.05) is 111 Å². The number of rotatable bonds is 9. The second-order valence-electron chi connectivity index (χ2n) is 10.3. The predicted molar refractivity (Wildman–Crippen MR) is 182 cm³/mol. The highest BCUT2D eigenvalue weighted by molar-refractivity contribution is 9.10. The molecule has 1 amide bonds. The maximum absolute atomic E-state index is 13.6. The Morgan fingerprint density at radius 3 is 2.53 bits per heavy atom. The number of thioether (sulfide) groups is 1. The van der Waals surface area contributed by atoms with Crippen molar-refractivity contribution in [3.8, 4) is 5.75 Å². The molecule has 6 rings (SSSR count). The van der Waals surface area contributed by atoms with Crippen LogP contribution in [0.1, 0.15) is 33.9 Å². The van der Waals surface area contributed by atoms with Crippen molar-refractivity contribution in [2.45, 2.75) is 29.7 Å². The molecular formula is C34H25BrClN3O4S2. The van der Waals surface area contributed by atoms with Crippen LogP contribution in [-0.4, -0.2) is 27.0 Å². The summed E-state index contributed by atoms with van der Waals surface area (Å²) >= 11 is 12.4. The van der Waals surface area contributed by atoms with Gasteiger partial charge in [-0.15, -0.1) is 10.2 Å². The maximum Gasteiger partial charge on any atom is 0.301 e. The molecule has 226 valence electrons. The van der Waals surface area contributed by atoms with Crippen molar-refractivity contribution in [3.63, 3.8) is 0 Å². The van der Waals surface area contributed by atoms with Gasteiger partial charge in [-0.3, -0.25) is 14.5 Å². The highest BCUT2D eigenvalue weighted by atomic mass is 79.9. The van der Waals surface area contributed by atoms with E-state index in [0.29, 0.717) is 38.6 Å². The van der Waals surface area contributed by atoms with Crippen LogP contribution in [0.15, 0.2) is 111 Å². The average Bonchev–Trinajstić information content (AvgIpc) is 3.61. The number of hydrogen-bond acceptors (Lipinski definition) is 8. The third-order valence-corrected chi connectivity index (χ3v) is 10.1. The lowest BCUT2D eigenvalue weighted by atomic mass is 9.95. The molecule has 0 bridgehead atoms. The number of aromatic nitrogens is 2. The van der Waals surface area contributed by atoms with Gasteiger partial charge in [-0.2, -0.15) is 0 Å². The first-order valence-electron chi connectivity index (χ1n) is 13.8. The number of anilines is 1. The minimum atomic E-state index is -0.922. The van der Waals surface area contributed by atoms with Gasteiger partial charge in [-0.05, 0) is 66.1 Å². The van der Waals surface area contributed by atoms with E-state index in [9.17, 15) is 14.7 Å². The van der Waals surface area contributed by atoms with Gasteiger partial charge in [0.25, 0.3) is 5.78 Å². The third kappa shape index (κ3) is 6.84. The number of amides is 1. The van der Waals surface area contributed by atoms with Crippen molar-refractivity contribution in [2.24, 2.45) is 0 Å². The molecule has 45 heavy (non-hydrogen) atoms. The number of halogens is 2. The molecule has 7 nitrogen and oxygen atoms in total. The monoisotopic (exact) mass is 717 g/mol. The SMILES string of the molecule is Cc1cccc(COc2ccc(C(O)=C3C(=O)C(=O)N(c4nnc(SCc5ccccc5Cl)s4)C3c3cccc(Br)c3)cc2)c1. The molecule has 0 aliphatic carbocycles. The number of aryl methyl sites for hydroxylation is 1. The number of Topliss-reactive ketones (excluding diaryl/α,β-unsaturated/α-hetero) is 1. The summed E-state index contributed by atoms with van der Waals surface area (Å²) < 4.78 is 7.30. The van der Waals surface area contributed by atoms with Crippen molar-refractivity contribution in [2.75, 3.05) is 4.90 Å². The van der Waals surface area contributed by atoms with E-state index in [1.165, 1.54) is 28.0 Å². The number of carbonyl (C=O) groups is 2. The summed E-state index contributed by atoms with van der Waals surface area (Å²) in [4.78, 5) is 28.4. The van der Waals surface area contributed by atoms with Gasteiger partial charge in [0.1, 0.15) is 18.1 Å². The maximum atomic E-state index is 13.6. The standard InChI is InChI=1S/C34H25BrClN3O4S2/c1-20-6-4-7-21(16-20)18-43-26-14-12-22(13-15-26)30(40)28-29(23-9-5-10-25(35)17-23)39(32(42)31(28)41)33-37-38-34(45-33)44-19-24-8-2-3-11-27(24)36/h2-17,29,40H,18-19H2,1H3. The van der Waals surface area contributed by atoms with Crippen LogP contribution in [-0.2, 0) is 21.9 Å². The Kier molecular flexibility index (Phi) is 9.37. The van der Waals surface area contributed by atoms with E-state index in [-0.39, 0.29) is 16.5 Å². The molecule has 1 unspecified atom stereocenters. The highest BCUT2D eigenvalue weighted by Crippen LogP contribution is 2.44. The zero-order chi connectivity index (χ0) is 31.5. The Morgan fingerprint density at radius 1 is 1.00 bits per heavy atom. The smallest absolute Gasteiger partial charge is 0.301 e. The Balaban J connectivity index is 1.30. The van der Waals surface area contributed by atoms with Gasteiger partial charge >= 0.3 is 5.91 Å². The highest BCUT2D eigenvalue weighted by Gasteiger charge is 2.48. The van der Waals surface area contributed by atoms with E-state index < -0.39 is 17.7 Å². The third-order valence-electron chi connectivity index (χ3n) is 7.14. The zero-order valence-corrected chi connectivity index (χ0v) is 27.8. The minimum absolute atomic E-state index is 0.0352. The lowest BCUT2D eigenvalue weighted by Gasteiger charge is -2.22. The first kappa shape index (κ1) is 31.0. The molecule has 1 aliphatic rings. The van der Waals surface area contributed by atoms with Gasteiger partial charge in [-0.25, -0.2) is 0 Å². The van der Waals surface area contributed by atoms with Gasteiger partial charge < -0.3 is 9.84 Å². The number of hydrogen-bond donors (Lipinski definition) is 1. The number of carbonyl (C=O) groups excluding carboxylic acids is 2. The predicted octanol–water partition coefficient (Wildman–Crippen LogP) is 8.76. The summed E-state index contributed by atoms with van der Waals surface area (Å²) in [5, 5.41) is 21.0. The summed E-state index contributed by atoms with van der Waals surface area (Å²) in [7, 11) is 0. The Labute approximate surface area is 281 Å². The number of benzene rings is 4. The second kappa shape index (κ2) is 13.6. The number of ketones is 1. The zero-order valence-electron chi connectivity index (χ0n) is 23.8. The van der Waals surface area contributed by atoms with Crippen LogP contribution in [0, 0.1) is 6.92 Å². The van der Waals surface area contributed by atoms with E-state index in [1.54, 1.807) is 30.3 Å². The average molecular weight is 719 g/mol. The summed E-state index contributed by atoms with van der Waals surface area (Å²) in [6.45, 7) is 2.42. The van der Waals surface area contributed by atoms with E-state index in [0.717, 1.165) is 21.2 Å². The van der Waals surface area contributed by atoms with Crippen molar-refractivity contribution < 1.29 is 19.4 Å². The van der Waals surface area contributed by atoms with E-state index in [4.69, 9.17) is 16.3 Å². The molecule has 1 aliphatic heterocycles. The molecule has 0 spiro atoms. The summed E-state index contributed by atoms with van der Waals surface area (Å²) in [6, 6.07) is 28.7. The van der Waals surface area contributed by atoms with Gasteiger partial charge in [0, 0.05) is 20.8 Å². The van der Waals surface area contributed by atoms with Crippen molar-refractivity contribution in [1.82, 2.24) is 10.2 Å². The van der Waals surface area contributed by atoms with Crippen LogP contribution in [0.2, 0.25) is 5.02 Å². The second-order valence-corrected chi connectivity index (χ2v) is 13.8. The number of nitrogens with zero attached hydrogens (tertiary/aromatic N) is 3. The summed E-state index contributed by atoms with van der Waals surface area (Å²) in [5.41, 5.74) is 4.11. The molecule has 5 aromatic rings. The van der Waals surface area contributed by atoms with E-state index in [1.807, 2.05) is 67.6 Å². The topological polar surface area (TPSA) is 92.6 Å². The molecule has 1 saturated heterocycles. The van der Waals surface area contributed by atoms with Crippen LogP contribution in [0.4, 0.5) is 5.13 Å². The molecule has 2 heterocycles. The lowest BCUT2D eigenvalue weighted by Crippen LogP contribution is -2.29. The molecule has 1 fully saturated rings. The van der Waals surface area contributed by atoms with Crippen LogP contribution < -0.4 is 9.64 Å². The normalized spacial score (nSPS) is 15.9. The molecule has 11 heteroatoms. The molecule has 4 aromatic carbocycles. The van der Waals surface area contributed by atoms with Crippen LogP contribution in [0.5, 0.6) is 5.75 Å². The quantitative estimate of drug-likeness (QED) is 0.0536. The largest absolute Gasteiger partial charge is 0.507 e. The number of aliphatic hydroxyl groups is 1. The molecule has 1 N–H and O–H groups in total. The molecular weight excluding hydrogens is 694 g/mol. The van der Waals surface area contributed by atoms with Crippen molar-refractivity contribution in [1.29, 1.82) is 0 Å². The van der Waals surface area contributed by atoms with E-state index >= 15 is 0 Å². The van der Waals surface area contributed by atoms with Gasteiger partial charge in [0.15, 0.2) is 4.34 Å². The van der Waals surface area contributed by atoms with Crippen molar-refractivity contribution >= 4 is 73.2 Å². The summed E-state index contributed by atoms with van der Waals surface area (Å²) in [6.07, 6.45) is 0. The molecule has 0 radical (unpaired) electrons. The van der Waals surface area contributed by atoms with Gasteiger partial charge in [0.2, 0.25) is 5.13 Å². The van der Waals surface area contributed by atoms with E-state index in [2.05, 4.69) is 32.2 Å². The first-order valence-corrected chi connectivity index (χ1v) is 16.8. The molecule has 1 aromatic heterocycles. The van der Waals surface area contributed by atoms with Gasteiger partial charge in [0.05, 0.1) is 11.6 Å². The minimum Gasteiger partial charge on any atom is -0.507 e. The Hall–Kier alpha value is -3.96. The lowest BCUT2D eigenvalue weighted by molar-refractivity contribution is -0.132. The fraction of sp³-hybridized carbons (Fsp3) is 0.118.